The summed E-state index contributed by atoms with van der Waals surface area (Å²) >= 11 is 6.10. The monoisotopic (exact) mass is 408 g/mol. The number of carbonyl (C=O) groups excluding carboxylic acids is 1. The number of rotatable bonds is 10. The van der Waals surface area contributed by atoms with Gasteiger partial charge in [0.25, 0.3) is 0 Å². The van der Waals surface area contributed by atoms with Crippen molar-refractivity contribution in [1.82, 2.24) is 9.47 Å². The number of carbonyl (C=O) groups is 1. The largest absolute Gasteiger partial charge is 0.367 e. The van der Waals surface area contributed by atoms with E-state index in [2.05, 4.69) is 11.1 Å². The quantitative estimate of drug-likeness (QED) is 0.446. The molecule has 0 aliphatic rings. The van der Waals surface area contributed by atoms with Crippen molar-refractivity contribution in [2.45, 2.75) is 19.7 Å². The Bertz CT molecular complexity index is 937. The first-order chi connectivity index (χ1) is 14.2. The highest BCUT2D eigenvalue weighted by Crippen LogP contribution is 2.15. The van der Waals surface area contributed by atoms with Gasteiger partial charge in [0.15, 0.2) is 0 Å². The fraction of sp³-hybridized carbons (Fsp3) is 0.208. The standard InChI is InChI=1S/C24H25ClN2O2/c1-2-13-27(24(28)19-29-18-20-8-4-3-5-9-20)17-23-12-7-14-26(23)16-21-10-6-11-22(25)15-21/h2-12,14-15H,1,13,16-19H2. The lowest BCUT2D eigenvalue weighted by Crippen LogP contribution is -2.34. The maximum absolute atomic E-state index is 12.7. The molecule has 3 rings (SSSR count). The highest BCUT2D eigenvalue weighted by atomic mass is 35.5. The van der Waals surface area contributed by atoms with E-state index in [4.69, 9.17) is 16.3 Å². The number of hydrogen-bond acceptors (Lipinski definition) is 2. The summed E-state index contributed by atoms with van der Waals surface area (Å²) in [6.07, 6.45) is 3.75. The molecule has 0 aliphatic heterocycles. The van der Waals surface area contributed by atoms with Crippen LogP contribution in [-0.2, 0) is 29.2 Å². The summed E-state index contributed by atoms with van der Waals surface area (Å²) in [4.78, 5) is 14.4. The zero-order chi connectivity index (χ0) is 20.5. The van der Waals surface area contributed by atoms with E-state index in [1.807, 2.05) is 72.9 Å². The fourth-order valence-electron chi connectivity index (χ4n) is 3.11. The summed E-state index contributed by atoms with van der Waals surface area (Å²) in [6, 6.07) is 21.6. The van der Waals surface area contributed by atoms with Gasteiger partial charge >= 0.3 is 0 Å². The van der Waals surface area contributed by atoms with Crippen LogP contribution in [-0.4, -0.2) is 28.5 Å². The highest BCUT2D eigenvalue weighted by Gasteiger charge is 2.15. The minimum Gasteiger partial charge on any atom is -0.367 e. The lowest BCUT2D eigenvalue weighted by atomic mass is 10.2. The Morgan fingerprint density at radius 1 is 1.07 bits per heavy atom. The Morgan fingerprint density at radius 3 is 2.62 bits per heavy atom. The molecule has 0 atom stereocenters. The molecule has 0 radical (unpaired) electrons. The molecule has 1 heterocycles. The topological polar surface area (TPSA) is 34.5 Å². The maximum atomic E-state index is 12.7. The van der Waals surface area contributed by atoms with Crippen LogP contribution in [0.5, 0.6) is 0 Å². The van der Waals surface area contributed by atoms with Crippen LogP contribution in [0.2, 0.25) is 5.02 Å². The number of aromatic nitrogens is 1. The number of nitrogens with zero attached hydrogens (tertiary/aromatic N) is 2. The first-order valence-electron chi connectivity index (χ1n) is 9.54. The third-order valence-electron chi connectivity index (χ3n) is 4.56. The lowest BCUT2D eigenvalue weighted by Gasteiger charge is -2.22. The van der Waals surface area contributed by atoms with E-state index in [1.165, 1.54) is 0 Å². The van der Waals surface area contributed by atoms with Gasteiger partial charge in [-0.3, -0.25) is 4.79 Å². The molecule has 0 bridgehead atoms. The van der Waals surface area contributed by atoms with Crippen LogP contribution in [0.4, 0.5) is 0 Å². The average Bonchev–Trinajstić information content (AvgIpc) is 3.15. The fourth-order valence-corrected chi connectivity index (χ4v) is 3.32. The Labute approximate surface area is 177 Å². The third-order valence-corrected chi connectivity index (χ3v) is 4.79. The van der Waals surface area contributed by atoms with Gasteiger partial charge < -0.3 is 14.2 Å². The van der Waals surface area contributed by atoms with Gasteiger partial charge in [0.05, 0.1) is 13.2 Å². The smallest absolute Gasteiger partial charge is 0.249 e. The van der Waals surface area contributed by atoms with E-state index in [1.54, 1.807) is 11.0 Å². The minimum atomic E-state index is -0.0589. The molecule has 29 heavy (non-hydrogen) atoms. The van der Waals surface area contributed by atoms with Crippen molar-refractivity contribution in [2.75, 3.05) is 13.2 Å². The third kappa shape index (κ3) is 6.34. The second-order valence-corrected chi connectivity index (χ2v) is 7.24. The zero-order valence-corrected chi connectivity index (χ0v) is 17.1. The predicted octanol–water partition coefficient (Wildman–Crippen LogP) is 4.92. The molecular formula is C24H25ClN2O2. The van der Waals surface area contributed by atoms with Gasteiger partial charge in [-0.25, -0.2) is 0 Å². The molecule has 1 amide bonds. The van der Waals surface area contributed by atoms with Gasteiger partial charge in [0.2, 0.25) is 5.91 Å². The normalized spacial score (nSPS) is 10.7. The average molecular weight is 409 g/mol. The van der Waals surface area contributed by atoms with Gasteiger partial charge in [-0.15, -0.1) is 6.58 Å². The Morgan fingerprint density at radius 2 is 1.86 bits per heavy atom. The molecule has 0 N–H and O–H groups in total. The molecule has 0 saturated carbocycles. The molecule has 4 nitrogen and oxygen atoms in total. The first kappa shape index (κ1) is 20.9. The summed E-state index contributed by atoms with van der Waals surface area (Å²) in [7, 11) is 0. The van der Waals surface area contributed by atoms with E-state index in [0.29, 0.717) is 26.2 Å². The van der Waals surface area contributed by atoms with E-state index in [9.17, 15) is 4.79 Å². The Balaban J connectivity index is 1.60. The maximum Gasteiger partial charge on any atom is 0.249 e. The molecule has 3 aromatic rings. The van der Waals surface area contributed by atoms with E-state index >= 15 is 0 Å². The zero-order valence-electron chi connectivity index (χ0n) is 16.3. The molecule has 5 heteroatoms. The van der Waals surface area contributed by atoms with Crippen molar-refractivity contribution in [1.29, 1.82) is 0 Å². The second kappa shape index (κ2) is 10.6. The van der Waals surface area contributed by atoms with Crippen molar-refractivity contribution >= 4 is 17.5 Å². The molecule has 150 valence electrons. The molecule has 0 fully saturated rings. The number of halogens is 1. The van der Waals surface area contributed by atoms with Crippen molar-refractivity contribution in [3.8, 4) is 0 Å². The van der Waals surface area contributed by atoms with Gasteiger partial charge in [-0.1, -0.05) is 60.1 Å². The molecule has 1 aromatic heterocycles. The van der Waals surface area contributed by atoms with Crippen LogP contribution < -0.4 is 0 Å². The molecule has 2 aromatic carbocycles. The molecule has 0 saturated heterocycles. The van der Waals surface area contributed by atoms with E-state index < -0.39 is 0 Å². The van der Waals surface area contributed by atoms with Crippen LogP contribution in [0.15, 0.2) is 85.6 Å². The number of hydrogen-bond donors (Lipinski definition) is 0. The van der Waals surface area contributed by atoms with Crippen LogP contribution in [0, 0.1) is 0 Å². The van der Waals surface area contributed by atoms with Gasteiger partial charge in [0, 0.05) is 30.0 Å². The molecule has 0 aliphatic carbocycles. The first-order valence-corrected chi connectivity index (χ1v) is 9.92. The summed E-state index contributed by atoms with van der Waals surface area (Å²) in [5.41, 5.74) is 3.21. The van der Waals surface area contributed by atoms with Crippen LogP contribution in [0.3, 0.4) is 0 Å². The minimum absolute atomic E-state index is 0.0394. The summed E-state index contributed by atoms with van der Waals surface area (Å²) in [5.74, 6) is -0.0589. The highest BCUT2D eigenvalue weighted by molar-refractivity contribution is 6.30. The van der Waals surface area contributed by atoms with Crippen LogP contribution in [0.25, 0.3) is 0 Å². The van der Waals surface area contributed by atoms with Gasteiger partial charge in [-0.05, 0) is 35.4 Å². The second-order valence-electron chi connectivity index (χ2n) is 6.80. The number of amides is 1. The Kier molecular flexibility index (Phi) is 7.68. The van der Waals surface area contributed by atoms with Crippen molar-refractivity contribution in [3.05, 3.63) is 107 Å². The van der Waals surface area contributed by atoms with Crippen molar-refractivity contribution in [3.63, 3.8) is 0 Å². The summed E-state index contributed by atoms with van der Waals surface area (Å²) in [5, 5.41) is 0.718. The van der Waals surface area contributed by atoms with E-state index in [-0.39, 0.29) is 12.5 Å². The van der Waals surface area contributed by atoms with Crippen molar-refractivity contribution < 1.29 is 9.53 Å². The number of ether oxygens (including phenoxy) is 1. The summed E-state index contributed by atoms with van der Waals surface area (Å²) in [6.45, 7) is 5.90. The van der Waals surface area contributed by atoms with Gasteiger partial charge in [0.1, 0.15) is 6.61 Å². The molecule has 0 spiro atoms. The predicted molar refractivity (Wildman–Crippen MR) is 117 cm³/mol. The van der Waals surface area contributed by atoms with Crippen LogP contribution in [0.1, 0.15) is 16.8 Å². The van der Waals surface area contributed by atoms with Crippen LogP contribution >= 0.6 is 11.6 Å². The van der Waals surface area contributed by atoms with E-state index in [0.717, 1.165) is 21.8 Å². The lowest BCUT2D eigenvalue weighted by molar-refractivity contribution is -0.136. The molecular weight excluding hydrogens is 384 g/mol. The summed E-state index contributed by atoms with van der Waals surface area (Å²) < 4.78 is 7.74. The molecule has 0 unspecified atom stereocenters. The number of benzene rings is 2. The SMILES string of the molecule is C=CCN(Cc1cccn1Cc1cccc(Cl)c1)C(=O)COCc1ccccc1. The Hall–Kier alpha value is -2.82. The van der Waals surface area contributed by atoms with Crippen molar-refractivity contribution in [2.24, 2.45) is 0 Å². The van der Waals surface area contributed by atoms with Gasteiger partial charge in [-0.2, -0.15) is 0 Å².